The Morgan fingerprint density at radius 3 is 2.21 bits per heavy atom. The first-order chi connectivity index (χ1) is 18.2. The fourth-order valence-electron chi connectivity index (χ4n) is 4.37. The van der Waals surface area contributed by atoms with Gasteiger partial charge in [0.2, 0.25) is 0 Å². The molecule has 0 saturated carbocycles. The van der Waals surface area contributed by atoms with Crippen LogP contribution in [-0.2, 0) is 11.2 Å². The van der Waals surface area contributed by atoms with Crippen molar-refractivity contribution in [1.82, 2.24) is 9.80 Å². The molecule has 5 nitrogen and oxygen atoms in total. The second kappa shape index (κ2) is 16.2. The van der Waals surface area contributed by atoms with E-state index in [4.69, 9.17) is 4.74 Å². The number of carbonyl (C=O) groups is 1. The van der Waals surface area contributed by atoms with Gasteiger partial charge in [0.25, 0.3) is 0 Å². The number of ether oxygens (including phenoxy) is 1. The van der Waals surface area contributed by atoms with Crippen LogP contribution in [-0.4, -0.2) is 52.9 Å². The van der Waals surface area contributed by atoms with E-state index in [0.717, 1.165) is 49.7 Å². The predicted octanol–water partition coefficient (Wildman–Crippen LogP) is 8.47. The first-order valence-electron chi connectivity index (χ1n) is 14.0. The molecular weight excluding hydrogens is 496 g/mol. The number of amides is 1. The Morgan fingerprint density at radius 1 is 1.10 bits per heavy atom. The lowest BCUT2D eigenvalue weighted by Gasteiger charge is -2.42. The molecule has 1 aromatic carbocycles. The summed E-state index contributed by atoms with van der Waals surface area (Å²) in [7, 11) is 0. The highest BCUT2D eigenvalue weighted by Crippen LogP contribution is 2.24. The number of aliphatic imine (C=N–C) groups is 1. The van der Waals surface area contributed by atoms with Crippen molar-refractivity contribution >= 4 is 11.8 Å². The standard InChI is InChI=1S/C23H39N3O2.C9H10F2/c1-10-12-13-24-19(5)21(17(3)11-2)20(6)25-14-15-26(18(4)16-25)22(27)28-23(7,8)9;1-2-3-7-4-8(10)6-9(11)5-7/h11-13,18H,10,14-16H2,1-9H3;4-6H,2-3H2,1H3/b13-12+,17-11-,21-20+,24-19+;. The molecule has 1 heterocycles. The van der Waals surface area contributed by atoms with Crippen molar-refractivity contribution in [2.24, 2.45) is 4.99 Å². The Bertz CT molecular complexity index is 1050. The third-order valence-corrected chi connectivity index (χ3v) is 6.35. The Balaban J connectivity index is 0.000000573. The molecule has 2 rings (SSSR count). The Labute approximate surface area is 235 Å². The monoisotopic (exact) mass is 545 g/mol. The Hall–Kier alpha value is -2.96. The van der Waals surface area contributed by atoms with Crippen molar-refractivity contribution in [2.45, 2.75) is 100 Å². The van der Waals surface area contributed by atoms with E-state index >= 15 is 0 Å². The van der Waals surface area contributed by atoms with Gasteiger partial charge in [0.05, 0.1) is 0 Å². The number of nitrogens with zero attached hydrogens (tertiary/aromatic N) is 3. The van der Waals surface area contributed by atoms with Crippen LogP contribution in [0, 0.1) is 11.6 Å². The number of piperazine rings is 1. The van der Waals surface area contributed by atoms with Gasteiger partial charge >= 0.3 is 6.09 Å². The van der Waals surface area contributed by atoms with E-state index in [9.17, 15) is 13.6 Å². The van der Waals surface area contributed by atoms with Crippen LogP contribution >= 0.6 is 0 Å². The van der Waals surface area contributed by atoms with Gasteiger partial charge in [0.1, 0.15) is 17.2 Å². The third kappa shape index (κ3) is 11.8. The molecule has 0 aliphatic carbocycles. The van der Waals surface area contributed by atoms with Gasteiger partial charge in [-0.25, -0.2) is 13.6 Å². The van der Waals surface area contributed by atoms with Crippen molar-refractivity contribution in [3.8, 4) is 0 Å². The minimum Gasteiger partial charge on any atom is -0.444 e. The van der Waals surface area contributed by atoms with E-state index in [1.54, 1.807) is 0 Å². The van der Waals surface area contributed by atoms with E-state index in [-0.39, 0.29) is 12.1 Å². The minimum absolute atomic E-state index is 0.0861. The molecule has 0 N–H and O–H groups in total. The van der Waals surface area contributed by atoms with Crippen LogP contribution < -0.4 is 0 Å². The summed E-state index contributed by atoms with van der Waals surface area (Å²) in [5.41, 5.74) is 4.87. The third-order valence-electron chi connectivity index (χ3n) is 6.35. The summed E-state index contributed by atoms with van der Waals surface area (Å²) in [5, 5.41) is 0. The largest absolute Gasteiger partial charge is 0.444 e. The van der Waals surface area contributed by atoms with Gasteiger partial charge < -0.3 is 14.5 Å². The van der Waals surface area contributed by atoms with Gasteiger partial charge in [0.15, 0.2) is 0 Å². The smallest absolute Gasteiger partial charge is 0.410 e. The molecule has 1 aromatic rings. The number of halogens is 2. The summed E-state index contributed by atoms with van der Waals surface area (Å²) in [6, 6.07) is 3.71. The van der Waals surface area contributed by atoms with Crippen LogP contribution in [0.15, 0.2) is 58.4 Å². The molecule has 7 heteroatoms. The van der Waals surface area contributed by atoms with Crippen LogP contribution in [0.5, 0.6) is 0 Å². The van der Waals surface area contributed by atoms with Crippen LogP contribution in [0.1, 0.15) is 87.6 Å². The van der Waals surface area contributed by atoms with E-state index in [1.165, 1.54) is 29.0 Å². The number of allylic oxidation sites excluding steroid dienone is 5. The van der Waals surface area contributed by atoms with E-state index < -0.39 is 17.2 Å². The van der Waals surface area contributed by atoms with Crippen LogP contribution in [0.2, 0.25) is 0 Å². The number of aryl methyl sites for hydroxylation is 1. The molecule has 1 fully saturated rings. The minimum atomic E-state index is -0.492. The van der Waals surface area contributed by atoms with Crippen LogP contribution in [0.25, 0.3) is 0 Å². The summed E-state index contributed by atoms with van der Waals surface area (Å²) in [4.78, 5) is 21.3. The molecule has 1 saturated heterocycles. The lowest BCUT2D eigenvalue weighted by atomic mass is 9.99. The second-order valence-electron chi connectivity index (χ2n) is 10.9. The zero-order valence-corrected chi connectivity index (χ0v) is 25.7. The predicted molar refractivity (Wildman–Crippen MR) is 159 cm³/mol. The highest BCUT2D eigenvalue weighted by Gasteiger charge is 2.31. The van der Waals surface area contributed by atoms with Crippen molar-refractivity contribution in [2.75, 3.05) is 19.6 Å². The normalized spacial score (nSPS) is 17.6. The molecule has 0 spiro atoms. The average molecular weight is 546 g/mol. The molecule has 0 bridgehead atoms. The zero-order chi connectivity index (χ0) is 29.8. The summed E-state index contributed by atoms with van der Waals surface area (Å²) in [6.45, 7) is 22.5. The molecule has 218 valence electrons. The maximum atomic E-state index is 12.5. The molecule has 1 aliphatic heterocycles. The van der Waals surface area contributed by atoms with E-state index in [1.807, 2.05) is 38.8 Å². The highest BCUT2D eigenvalue weighted by molar-refractivity contribution is 6.02. The van der Waals surface area contributed by atoms with Crippen molar-refractivity contribution in [1.29, 1.82) is 0 Å². The van der Waals surface area contributed by atoms with Crippen molar-refractivity contribution < 1.29 is 18.3 Å². The molecule has 0 aromatic heterocycles. The molecule has 1 amide bonds. The molecule has 1 aliphatic rings. The maximum absolute atomic E-state index is 12.5. The zero-order valence-electron chi connectivity index (χ0n) is 25.7. The van der Waals surface area contributed by atoms with Gasteiger partial charge in [-0.05, 0) is 91.5 Å². The number of hydrogen-bond donors (Lipinski definition) is 0. The van der Waals surface area contributed by atoms with Gasteiger partial charge in [-0.15, -0.1) is 0 Å². The summed E-state index contributed by atoms with van der Waals surface area (Å²) >= 11 is 0. The van der Waals surface area contributed by atoms with E-state index in [2.05, 4.69) is 63.6 Å². The van der Waals surface area contributed by atoms with Gasteiger partial charge in [-0.2, -0.15) is 0 Å². The fraction of sp³-hybridized carbons (Fsp3) is 0.562. The average Bonchev–Trinajstić information content (AvgIpc) is 2.83. The SMILES string of the molecule is CCCc1cc(F)cc(F)c1.C\C=C(C)/C(C(/C)=N/C=C/CC)=C(/C)N1CCN(C(=O)OC(C)(C)C)C(C)C1. The Morgan fingerprint density at radius 2 is 1.72 bits per heavy atom. The molecule has 39 heavy (non-hydrogen) atoms. The van der Waals surface area contributed by atoms with Crippen molar-refractivity contribution in [3.05, 3.63) is 70.6 Å². The molecule has 0 radical (unpaired) electrons. The van der Waals surface area contributed by atoms with Gasteiger partial charge in [-0.1, -0.05) is 32.4 Å². The molecule has 1 atom stereocenters. The number of benzene rings is 1. The summed E-state index contributed by atoms with van der Waals surface area (Å²) in [5.74, 6) is -0.984. The maximum Gasteiger partial charge on any atom is 0.410 e. The van der Waals surface area contributed by atoms with Crippen LogP contribution in [0.3, 0.4) is 0 Å². The number of hydrogen-bond acceptors (Lipinski definition) is 4. The first kappa shape index (κ1) is 34.1. The van der Waals surface area contributed by atoms with Gasteiger partial charge in [-0.3, -0.25) is 4.99 Å². The van der Waals surface area contributed by atoms with Crippen LogP contribution in [0.4, 0.5) is 13.6 Å². The molecule has 1 unspecified atom stereocenters. The van der Waals surface area contributed by atoms with Gasteiger partial charge in [0, 0.05) is 54.9 Å². The second-order valence-corrected chi connectivity index (χ2v) is 10.9. The Kier molecular flexibility index (Phi) is 14.2. The fourth-order valence-corrected chi connectivity index (χ4v) is 4.37. The highest BCUT2D eigenvalue weighted by atomic mass is 19.1. The topological polar surface area (TPSA) is 45.1 Å². The summed E-state index contributed by atoms with van der Waals surface area (Å²) < 4.78 is 30.6. The lowest BCUT2D eigenvalue weighted by Crippen LogP contribution is -2.54. The van der Waals surface area contributed by atoms with E-state index in [0.29, 0.717) is 6.54 Å². The number of carbonyl (C=O) groups excluding carboxylic acids is 1. The lowest BCUT2D eigenvalue weighted by molar-refractivity contribution is 0.00494. The van der Waals surface area contributed by atoms with Crippen molar-refractivity contribution in [3.63, 3.8) is 0 Å². The quantitative estimate of drug-likeness (QED) is 0.255. The first-order valence-corrected chi connectivity index (χ1v) is 14.0. The number of rotatable bonds is 7. The molecular formula is C32H49F2N3O2. The summed E-state index contributed by atoms with van der Waals surface area (Å²) in [6.07, 6.45) is 8.45.